The fraction of sp³-hybridized carbons (Fsp3) is 0.400. The van der Waals surface area contributed by atoms with Crippen molar-refractivity contribution in [2.24, 2.45) is 11.8 Å². The molecule has 19 heavy (non-hydrogen) atoms. The second kappa shape index (κ2) is 4.94. The van der Waals surface area contributed by atoms with Gasteiger partial charge in [-0.2, -0.15) is 0 Å². The van der Waals surface area contributed by atoms with Crippen LogP contribution in [0.3, 0.4) is 0 Å². The van der Waals surface area contributed by atoms with Gasteiger partial charge in [0.05, 0.1) is 5.92 Å². The molecule has 0 aliphatic carbocycles. The van der Waals surface area contributed by atoms with E-state index in [1.807, 2.05) is 6.92 Å². The lowest BCUT2D eigenvalue weighted by Crippen LogP contribution is -2.50. The third-order valence-electron chi connectivity index (χ3n) is 4.04. The van der Waals surface area contributed by atoms with Crippen LogP contribution in [0.25, 0.3) is 10.1 Å². The summed E-state index contributed by atoms with van der Waals surface area (Å²) in [6.07, 6.45) is 0. The van der Waals surface area contributed by atoms with Gasteiger partial charge in [0.25, 0.3) is 0 Å². The molecule has 1 aliphatic rings. The predicted octanol–water partition coefficient (Wildman–Crippen LogP) is 3.05. The highest BCUT2D eigenvalue weighted by Gasteiger charge is 2.34. The van der Waals surface area contributed by atoms with Gasteiger partial charge in [-0.25, -0.2) is 0 Å². The molecule has 0 spiro atoms. The van der Waals surface area contributed by atoms with E-state index >= 15 is 0 Å². The number of fused-ring (bicyclic) bond motifs is 1. The van der Waals surface area contributed by atoms with E-state index in [9.17, 15) is 4.79 Å². The van der Waals surface area contributed by atoms with Crippen molar-refractivity contribution >= 4 is 27.4 Å². The van der Waals surface area contributed by atoms with Gasteiger partial charge in [0.2, 0.25) is 0 Å². The molecular formula is C15H17NO2S. The van der Waals surface area contributed by atoms with Crippen LogP contribution < -0.4 is 0 Å². The van der Waals surface area contributed by atoms with Crippen molar-refractivity contribution < 1.29 is 9.90 Å². The van der Waals surface area contributed by atoms with Crippen LogP contribution in [-0.4, -0.2) is 29.1 Å². The molecule has 2 heterocycles. The van der Waals surface area contributed by atoms with E-state index in [0.717, 1.165) is 19.6 Å². The van der Waals surface area contributed by atoms with Crippen molar-refractivity contribution in [3.8, 4) is 0 Å². The van der Waals surface area contributed by atoms with Gasteiger partial charge in [0.15, 0.2) is 0 Å². The molecule has 0 radical (unpaired) electrons. The largest absolute Gasteiger partial charge is 0.481 e. The van der Waals surface area contributed by atoms with Gasteiger partial charge in [0, 0.05) is 24.3 Å². The van der Waals surface area contributed by atoms with Crippen LogP contribution in [0.5, 0.6) is 0 Å². The lowest BCUT2D eigenvalue weighted by atomic mass is 9.87. The summed E-state index contributed by atoms with van der Waals surface area (Å²) < 4.78 is 1.33. The number of nitrogens with zero attached hydrogens (tertiary/aromatic N) is 1. The molecule has 0 saturated carbocycles. The first-order valence-corrected chi connectivity index (χ1v) is 7.43. The van der Waals surface area contributed by atoms with Crippen molar-refractivity contribution in [1.82, 2.24) is 4.90 Å². The van der Waals surface area contributed by atoms with E-state index in [0.29, 0.717) is 5.92 Å². The van der Waals surface area contributed by atoms with Gasteiger partial charge >= 0.3 is 5.97 Å². The van der Waals surface area contributed by atoms with Crippen LogP contribution in [-0.2, 0) is 11.3 Å². The van der Waals surface area contributed by atoms with Gasteiger partial charge in [-0.05, 0) is 28.3 Å². The fourth-order valence-electron chi connectivity index (χ4n) is 2.65. The standard InChI is InChI=1S/C15H17NO2S/c1-10(15(17)18)11-6-16(7-11)8-12-9-19-14-5-3-2-4-13(12)14/h2-5,9-11H,6-8H2,1H3,(H,17,18). The number of likely N-dealkylation sites (tertiary alicyclic amines) is 1. The first kappa shape index (κ1) is 12.6. The average Bonchev–Trinajstić information content (AvgIpc) is 2.75. The molecule has 1 aromatic heterocycles. The lowest BCUT2D eigenvalue weighted by Gasteiger charge is -2.41. The van der Waals surface area contributed by atoms with Crippen LogP contribution >= 0.6 is 11.3 Å². The average molecular weight is 275 g/mol. The van der Waals surface area contributed by atoms with Crippen LogP contribution in [0.15, 0.2) is 29.6 Å². The summed E-state index contributed by atoms with van der Waals surface area (Å²) in [4.78, 5) is 13.2. The quantitative estimate of drug-likeness (QED) is 0.932. The zero-order valence-electron chi connectivity index (χ0n) is 10.9. The Balaban J connectivity index is 1.64. The number of carboxylic acid groups (broad SMARTS) is 1. The van der Waals surface area contributed by atoms with Gasteiger partial charge in [-0.15, -0.1) is 11.3 Å². The molecule has 100 valence electrons. The van der Waals surface area contributed by atoms with Crippen molar-refractivity contribution in [2.75, 3.05) is 13.1 Å². The number of rotatable bonds is 4. The highest BCUT2D eigenvalue weighted by atomic mass is 32.1. The van der Waals surface area contributed by atoms with Crippen molar-refractivity contribution in [2.45, 2.75) is 13.5 Å². The molecule has 3 nitrogen and oxygen atoms in total. The summed E-state index contributed by atoms with van der Waals surface area (Å²) in [6, 6.07) is 8.45. The Hall–Kier alpha value is -1.39. The molecule has 4 heteroatoms. The Labute approximate surface area is 116 Å². The highest BCUT2D eigenvalue weighted by molar-refractivity contribution is 7.17. The zero-order chi connectivity index (χ0) is 13.4. The number of carbonyl (C=O) groups is 1. The number of carboxylic acids is 1. The predicted molar refractivity (Wildman–Crippen MR) is 77.4 cm³/mol. The zero-order valence-corrected chi connectivity index (χ0v) is 11.7. The molecule has 1 unspecified atom stereocenters. The number of aliphatic carboxylic acids is 1. The lowest BCUT2D eigenvalue weighted by molar-refractivity contribution is -0.145. The summed E-state index contributed by atoms with van der Waals surface area (Å²) >= 11 is 1.78. The molecule has 1 atom stereocenters. The Kier molecular flexibility index (Phi) is 3.29. The Morgan fingerprint density at radius 3 is 2.95 bits per heavy atom. The maximum atomic E-state index is 10.9. The third-order valence-corrected chi connectivity index (χ3v) is 5.05. The maximum Gasteiger partial charge on any atom is 0.306 e. The maximum absolute atomic E-state index is 10.9. The summed E-state index contributed by atoms with van der Waals surface area (Å²) in [5.41, 5.74) is 1.36. The number of thiophene rings is 1. The minimum atomic E-state index is -0.675. The molecule has 1 aromatic carbocycles. The SMILES string of the molecule is CC(C(=O)O)C1CN(Cc2csc3ccccc23)C1. The third kappa shape index (κ3) is 2.38. The van der Waals surface area contributed by atoms with E-state index in [-0.39, 0.29) is 5.92 Å². The Morgan fingerprint density at radius 1 is 1.47 bits per heavy atom. The van der Waals surface area contributed by atoms with Gasteiger partial charge in [-0.3, -0.25) is 9.69 Å². The van der Waals surface area contributed by atoms with Crippen LogP contribution in [0.1, 0.15) is 12.5 Å². The molecule has 1 aliphatic heterocycles. The van der Waals surface area contributed by atoms with Gasteiger partial charge in [0.1, 0.15) is 0 Å². The van der Waals surface area contributed by atoms with E-state index in [4.69, 9.17) is 5.11 Å². The molecule has 1 saturated heterocycles. The molecule has 2 aromatic rings. The van der Waals surface area contributed by atoms with Crippen molar-refractivity contribution in [3.63, 3.8) is 0 Å². The number of hydrogen-bond donors (Lipinski definition) is 1. The number of hydrogen-bond acceptors (Lipinski definition) is 3. The van der Waals surface area contributed by atoms with E-state index in [1.54, 1.807) is 11.3 Å². The second-order valence-electron chi connectivity index (χ2n) is 5.34. The molecule has 1 N–H and O–H groups in total. The smallest absolute Gasteiger partial charge is 0.306 e. The number of benzene rings is 1. The first-order chi connectivity index (χ1) is 9.15. The molecular weight excluding hydrogens is 258 g/mol. The van der Waals surface area contributed by atoms with Gasteiger partial charge < -0.3 is 5.11 Å². The highest BCUT2D eigenvalue weighted by Crippen LogP contribution is 2.30. The van der Waals surface area contributed by atoms with Crippen molar-refractivity contribution in [1.29, 1.82) is 0 Å². The molecule has 3 rings (SSSR count). The topological polar surface area (TPSA) is 40.5 Å². The van der Waals surface area contributed by atoms with E-state index in [1.165, 1.54) is 15.6 Å². The van der Waals surface area contributed by atoms with E-state index < -0.39 is 5.97 Å². The van der Waals surface area contributed by atoms with Crippen LogP contribution in [0.2, 0.25) is 0 Å². The second-order valence-corrected chi connectivity index (χ2v) is 6.25. The summed E-state index contributed by atoms with van der Waals surface area (Å²) in [5.74, 6) is -0.594. The van der Waals surface area contributed by atoms with Crippen molar-refractivity contribution in [3.05, 3.63) is 35.2 Å². The van der Waals surface area contributed by atoms with Gasteiger partial charge in [-0.1, -0.05) is 25.1 Å². The molecule has 0 amide bonds. The van der Waals surface area contributed by atoms with E-state index in [2.05, 4.69) is 34.5 Å². The summed E-state index contributed by atoms with van der Waals surface area (Å²) in [7, 11) is 0. The first-order valence-electron chi connectivity index (χ1n) is 6.55. The summed E-state index contributed by atoms with van der Waals surface area (Å²) in [6.45, 7) is 4.55. The molecule has 0 bridgehead atoms. The van der Waals surface area contributed by atoms with Crippen LogP contribution in [0, 0.1) is 11.8 Å². The van der Waals surface area contributed by atoms with Crippen LogP contribution in [0.4, 0.5) is 0 Å². The minimum Gasteiger partial charge on any atom is -0.481 e. The minimum absolute atomic E-state index is 0.226. The monoisotopic (exact) mass is 275 g/mol. The Bertz CT molecular complexity index is 601. The fourth-order valence-corrected chi connectivity index (χ4v) is 3.61. The normalized spacial score (nSPS) is 18.4. The molecule has 1 fully saturated rings. The summed E-state index contributed by atoms with van der Waals surface area (Å²) in [5, 5.41) is 12.5. The Morgan fingerprint density at radius 2 is 2.21 bits per heavy atom.